The van der Waals surface area contributed by atoms with E-state index in [1.807, 2.05) is 39.0 Å². The van der Waals surface area contributed by atoms with Gasteiger partial charge in [-0.1, -0.05) is 12.1 Å². The van der Waals surface area contributed by atoms with Crippen molar-refractivity contribution in [2.45, 2.75) is 46.3 Å². The summed E-state index contributed by atoms with van der Waals surface area (Å²) in [5.41, 5.74) is 1.53. The van der Waals surface area contributed by atoms with Crippen LogP contribution in [0.1, 0.15) is 38.8 Å². The number of esters is 1. The summed E-state index contributed by atoms with van der Waals surface area (Å²) in [6, 6.07) is 5.65. The largest absolute Gasteiger partial charge is 0.482 e. The maximum absolute atomic E-state index is 12.2. The quantitative estimate of drug-likeness (QED) is 0.792. The van der Waals surface area contributed by atoms with Crippen molar-refractivity contribution in [3.05, 3.63) is 29.3 Å². The summed E-state index contributed by atoms with van der Waals surface area (Å²) in [7, 11) is 0. The van der Waals surface area contributed by atoms with Crippen LogP contribution in [0.4, 0.5) is 4.79 Å². The molecule has 6 heteroatoms. The fourth-order valence-electron chi connectivity index (χ4n) is 2.53. The Kier molecular flexibility index (Phi) is 5.70. The Balaban J connectivity index is 2.04. The van der Waals surface area contributed by atoms with Crippen molar-refractivity contribution in [3.8, 4) is 5.75 Å². The van der Waals surface area contributed by atoms with E-state index < -0.39 is 5.60 Å². The highest BCUT2D eigenvalue weighted by atomic mass is 16.6. The van der Waals surface area contributed by atoms with Crippen molar-refractivity contribution in [2.24, 2.45) is 0 Å². The van der Waals surface area contributed by atoms with Crippen molar-refractivity contribution < 1.29 is 23.8 Å². The Bertz CT molecular complexity index is 606. The number of hydrogen-bond donors (Lipinski definition) is 0. The van der Waals surface area contributed by atoms with Gasteiger partial charge < -0.3 is 19.1 Å². The molecule has 0 bridgehead atoms. The van der Waals surface area contributed by atoms with Crippen molar-refractivity contribution in [3.63, 3.8) is 0 Å². The summed E-state index contributed by atoms with van der Waals surface area (Å²) in [4.78, 5) is 25.3. The Morgan fingerprint density at radius 3 is 2.67 bits per heavy atom. The van der Waals surface area contributed by atoms with Crippen molar-refractivity contribution in [1.29, 1.82) is 0 Å². The highest BCUT2D eigenvalue weighted by Crippen LogP contribution is 2.28. The fraction of sp³-hybridized carbons (Fsp3) is 0.556. The number of benzene rings is 1. The molecule has 0 N–H and O–H groups in total. The lowest BCUT2D eigenvalue weighted by Crippen LogP contribution is -2.40. The van der Waals surface area contributed by atoms with E-state index in [-0.39, 0.29) is 18.7 Å². The summed E-state index contributed by atoms with van der Waals surface area (Å²) in [5, 5.41) is 0. The standard InChI is InChI=1S/C18H25NO5/c1-5-22-16(20)12-23-15-8-6-7-13-11-19(10-9-14(13)15)17(21)24-18(2,3)4/h6-8H,5,9-12H2,1-4H3. The first kappa shape index (κ1) is 18.1. The molecule has 0 aliphatic carbocycles. The van der Waals surface area contributed by atoms with Gasteiger partial charge in [0.15, 0.2) is 6.61 Å². The van der Waals surface area contributed by atoms with Crippen LogP contribution >= 0.6 is 0 Å². The van der Waals surface area contributed by atoms with Gasteiger partial charge in [0.2, 0.25) is 0 Å². The molecule has 1 aromatic carbocycles. The molecule has 1 aliphatic rings. The Labute approximate surface area is 142 Å². The van der Waals surface area contributed by atoms with Crippen LogP contribution in [0.25, 0.3) is 0 Å². The van der Waals surface area contributed by atoms with Crippen LogP contribution in [0, 0.1) is 0 Å². The Hall–Kier alpha value is -2.24. The zero-order valence-corrected chi connectivity index (χ0v) is 14.8. The lowest BCUT2D eigenvalue weighted by atomic mass is 9.99. The smallest absolute Gasteiger partial charge is 0.410 e. The van der Waals surface area contributed by atoms with E-state index in [4.69, 9.17) is 14.2 Å². The number of amides is 1. The first-order valence-corrected chi connectivity index (χ1v) is 8.17. The number of rotatable bonds is 4. The predicted octanol–water partition coefficient (Wildman–Crippen LogP) is 2.92. The second-order valence-corrected chi connectivity index (χ2v) is 6.64. The van der Waals surface area contributed by atoms with Gasteiger partial charge in [0.05, 0.1) is 6.61 Å². The van der Waals surface area contributed by atoms with Crippen molar-refractivity contribution in [1.82, 2.24) is 4.90 Å². The molecule has 1 amide bonds. The minimum absolute atomic E-state index is 0.111. The van der Waals surface area contributed by atoms with Gasteiger partial charge in [0.25, 0.3) is 0 Å². The van der Waals surface area contributed by atoms with Crippen LogP contribution in [0.15, 0.2) is 18.2 Å². The minimum atomic E-state index is -0.512. The predicted molar refractivity (Wildman–Crippen MR) is 88.9 cm³/mol. The van der Waals surface area contributed by atoms with Gasteiger partial charge in [-0.2, -0.15) is 0 Å². The van der Waals surface area contributed by atoms with Gasteiger partial charge in [0.1, 0.15) is 11.4 Å². The molecule has 1 heterocycles. The molecule has 0 unspecified atom stereocenters. The van der Waals surface area contributed by atoms with E-state index in [0.29, 0.717) is 31.9 Å². The molecule has 132 valence electrons. The van der Waals surface area contributed by atoms with Crippen LogP contribution in [-0.2, 0) is 27.2 Å². The minimum Gasteiger partial charge on any atom is -0.482 e. The number of hydrogen-bond acceptors (Lipinski definition) is 5. The summed E-state index contributed by atoms with van der Waals surface area (Å²) >= 11 is 0. The maximum Gasteiger partial charge on any atom is 0.410 e. The molecule has 2 rings (SSSR count). The molecule has 0 fully saturated rings. The number of carbonyl (C=O) groups excluding carboxylic acids is 2. The third-order valence-corrected chi connectivity index (χ3v) is 3.53. The molecule has 0 aromatic heterocycles. The van der Waals surface area contributed by atoms with E-state index in [1.54, 1.807) is 11.8 Å². The number of fused-ring (bicyclic) bond motifs is 1. The molecule has 0 atom stereocenters. The van der Waals surface area contributed by atoms with Crippen LogP contribution in [-0.4, -0.2) is 42.3 Å². The Morgan fingerprint density at radius 2 is 2.00 bits per heavy atom. The third-order valence-electron chi connectivity index (χ3n) is 3.53. The fourth-order valence-corrected chi connectivity index (χ4v) is 2.53. The SMILES string of the molecule is CCOC(=O)COc1cccc2c1CCN(C(=O)OC(C)(C)C)C2. The molecule has 0 radical (unpaired) electrons. The number of nitrogens with zero attached hydrogens (tertiary/aromatic N) is 1. The van der Waals surface area contributed by atoms with E-state index >= 15 is 0 Å². The van der Waals surface area contributed by atoms with Gasteiger partial charge in [-0.3, -0.25) is 0 Å². The first-order valence-electron chi connectivity index (χ1n) is 8.17. The molecule has 1 aliphatic heterocycles. The summed E-state index contributed by atoms with van der Waals surface area (Å²) in [6.07, 6.45) is 0.346. The lowest BCUT2D eigenvalue weighted by Gasteiger charge is -2.31. The van der Waals surface area contributed by atoms with Crippen LogP contribution in [0.2, 0.25) is 0 Å². The molecule has 24 heavy (non-hydrogen) atoms. The highest BCUT2D eigenvalue weighted by Gasteiger charge is 2.27. The monoisotopic (exact) mass is 335 g/mol. The average molecular weight is 335 g/mol. The first-order chi connectivity index (χ1) is 11.3. The second kappa shape index (κ2) is 7.55. The van der Waals surface area contributed by atoms with Crippen molar-refractivity contribution >= 4 is 12.1 Å². The van der Waals surface area contributed by atoms with E-state index in [2.05, 4.69) is 0 Å². The zero-order valence-electron chi connectivity index (χ0n) is 14.8. The topological polar surface area (TPSA) is 65.1 Å². The molecular weight excluding hydrogens is 310 g/mol. The molecule has 0 saturated heterocycles. The highest BCUT2D eigenvalue weighted by molar-refractivity contribution is 5.71. The molecular formula is C18H25NO5. The normalized spacial score (nSPS) is 13.9. The molecule has 0 saturated carbocycles. The van der Waals surface area contributed by atoms with E-state index in [9.17, 15) is 9.59 Å². The van der Waals surface area contributed by atoms with Crippen LogP contribution in [0.3, 0.4) is 0 Å². The Morgan fingerprint density at radius 1 is 1.25 bits per heavy atom. The zero-order chi connectivity index (χ0) is 17.7. The molecule has 6 nitrogen and oxygen atoms in total. The van der Waals surface area contributed by atoms with Gasteiger partial charge in [-0.25, -0.2) is 9.59 Å². The average Bonchev–Trinajstić information content (AvgIpc) is 2.51. The lowest BCUT2D eigenvalue weighted by molar-refractivity contribution is -0.145. The van der Waals surface area contributed by atoms with Gasteiger partial charge in [0, 0.05) is 18.7 Å². The summed E-state index contributed by atoms with van der Waals surface area (Å²) in [5.74, 6) is 0.283. The maximum atomic E-state index is 12.2. The van der Waals surface area contributed by atoms with Gasteiger partial charge in [-0.05, 0) is 45.7 Å². The van der Waals surface area contributed by atoms with Crippen LogP contribution in [0.5, 0.6) is 5.75 Å². The van der Waals surface area contributed by atoms with E-state index in [0.717, 1.165) is 11.1 Å². The van der Waals surface area contributed by atoms with E-state index in [1.165, 1.54) is 0 Å². The molecule has 0 spiro atoms. The van der Waals surface area contributed by atoms with Crippen molar-refractivity contribution in [2.75, 3.05) is 19.8 Å². The summed E-state index contributed by atoms with van der Waals surface area (Å²) in [6.45, 7) is 8.56. The van der Waals surface area contributed by atoms with Crippen LogP contribution < -0.4 is 4.74 Å². The third kappa shape index (κ3) is 4.88. The van der Waals surface area contributed by atoms with Gasteiger partial charge in [-0.15, -0.1) is 0 Å². The second-order valence-electron chi connectivity index (χ2n) is 6.64. The number of carbonyl (C=O) groups is 2. The summed E-state index contributed by atoms with van der Waals surface area (Å²) < 4.78 is 15.9. The van der Waals surface area contributed by atoms with Gasteiger partial charge >= 0.3 is 12.1 Å². The molecule has 1 aromatic rings. The number of ether oxygens (including phenoxy) is 3.